The third-order valence-electron chi connectivity index (χ3n) is 10.4. The van der Waals surface area contributed by atoms with Crippen LogP contribution >= 0.6 is 0 Å². The number of aliphatic hydroxyl groups excluding tert-OH is 4. The van der Waals surface area contributed by atoms with Crippen LogP contribution in [0.2, 0.25) is 0 Å². The lowest BCUT2D eigenvalue weighted by atomic mass is 10.00. The van der Waals surface area contributed by atoms with E-state index in [1.807, 2.05) is 0 Å². The lowest BCUT2D eigenvalue weighted by Gasteiger charge is -2.27. The number of rotatable bonds is 40. The summed E-state index contributed by atoms with van der Waals surface area (Å²) in [5.41, 5.74) is 0. The fraction of sp³-hybridized carbons (Fsp3) is 0.889. The van der Waals surface area contributed by atoms with Crippen molar-refractivity contribution >= 4 is 5.91 Å². The van der Waals surface area contributed by atoms with Crippen LogP contribution in [0.1, 0.15) is 226 Å². The van der Waals surface area contributed by atoms with E-state index in [4.69, 9.17) is 0 Å². The van der Waals surface area contributed by atoms with Crippen molar-refractivity contribution < 1.29 is 25.2 Å². The van der Waals surface area contributed by atoms with E-state index in [0.29, 0.717) is 19.3 Å². The van der Waals surface area contributed by atoms with Crippen molar-refractivity contribution in [2.24, 2.45) is 0 Å². The predicted octanol–water partition coefficient (Wildman–Crippen LogP) is 11.6. The molecule has 6 heteroatoms. The Morgan fingerprint density at radius 1 is 0.471 bits per heavy atom. The Hall–Kier alpha value is -1.21. The minimum Gasteiger partial charge on any atom is -0.394 e. The van der Waals surface area contributed by atoms with Gasteiger partial charge < -0.3 is 25.7 Å². The highest BCUT2D eigenvalue weighted by molar-refractivity contribution is 5.80. The van der Waals surface area contributed by atoms with Gasteiger partial charge in [0.15, 0.2) is 0 Å². The van der Waals surface area contributed by atoms with Gasteiger partial charge in [0.05, 0.1) is 18.8 Å². The molecule has 0 aliphatic rings. The topological polar surface area (TPSA) is 110 Å². The molecule has 5 N–H and O–H groups in total. The molecule has 0 aliphatic carbocycles. The molecule has 0 aromatic rings. The maximum atomic E-state index is 12.5. The van der Waals surface area contributed by atoms with E-state index >= 15 is 0 Å². The van der Waals surface area contributed by atoms with Crippen molar-refractivity contribution in [1.29, 1.82) is 0 Å². The molecule has 4 unspecified atom stereocenters. The second kappa shape index (κ2) is 40.0. The Balaban J connectivity index is 3.79. The van der Waals surface area contributed by atoms with Crippen molar-refractivity contribution in [3.05, 3.63) is 24.3 Å². The van der Waals surface area contributed by atoms with Crippen LogP contribution in [0, 0.1) is 0 Å². The zero-order valence-electron chi connectivity index (χ0n) is 33.9. The first-order valence-corrected chi connectivity index (χ1v) is 22.2. The second-order valence-electron chi connectivity index (χ2n) is 15.4. The second-order valence-corrected chi connectivity index (χ2v) is 15.4. The van der Waals surface area contributed by atoms with E-state index in [0.717, 1.165) is 38.5 Å². The molecule has 6 nitrogen and oxygen atoms in total. The third kappa shape index (κ3) is 34.3. The smallest absolute Gasteiger partial charge is 0.249 e. The number of amides is 1. The first kappa shape index (κ1) is 49.8. The number of hydrogen-bond acceptors (Lipinski definition) is 5. The standard InChI is InChI=1S/C45H87NO5/c1-3-5-7-9-11-13-15-17-19-20-21-22-23-25-26-28-30-32-34-36-38-42(48)44(50)41(40-47)46-45(51)43(49)39-37-35-33-31-29-27-24-18-16-14-12-10-8-6-4-2/h23,25,30,32,41-44,47-50H,3-22,24,26-29,31,33-40H2,1-2H3,(H,46,51)/b25-23+,32-30+. The first-order valence-electron chi connectivity index (χ1n) is 22.2. The highest BCUT2D eigenvalue weighted by Crippen LogP contribution is 2.16. The van der Waals surface area contributed by atoms with E-state index in [-0.39, 0.29) is 0 Å². The van der Waals surface area contributed by atoms with Gasteiger partial charge in [0.1, 0.15) is 12.2 Å². The van der Waals surface area contributed by atoms with E-state index in [1.165, 1.54) is 154 Å². The number of hydrogen-bond donors (Lipinski definition) is 5. The molecule has 0 saturated carbocycles. The van der Waals surface area contributed by atoms with Gasteiger partial charge in [-0.05, 0) is 51.4 Å². The molecule has 0 spiro atoms. The summed E-state index contributed by atoms with van der Waals surface area (Å²) in [5.74, 6) is -0.596. The summed E-state index contributed by atoms with van der Waals surface area (Å²) in [6, 6.07) is -1.00. The van der Waals surface area contributed by atoms with Gasteiger partial charge in [-0.15, -0.1) is 0 Å². The molecule has 302 valence electrons. The van der Waals surface area contributed by atoms with Crippen molar-refractivity contribution in [3.63, 3.8) is 0 Å². The number of carbonyl (C=O) groups is 1. The Morgan fingerprint density at radius 3 is 1.24 bits per heavy atom. The molecule has 0 saturated heterocycles. The summed E-state index contributed by atoms with van der Waals surface area (Å²) in [4.78, 5) is 12.5. The van der Waals surface area contributed by atoms with Crippen LogP contribution in [0.15, 0.2) is 24.3 Å². The Bertz CT molecular complexity index is 772. The molecule has 0 bridgehead atoms. The zero-order valence-corrected chi connectivity index (χ0v) is 33.9. The summed E-state index contributed by atoms with van der Waals surface area (Å²) in [7, 11) is 0. The van der Waals surface area contributed by atoms with Crippen molar-refractivity contribution in [3.8, 4) is 0 Å². The van der Waals surface area contributed by atoms with Gasteiger partial charge in [-0.2, -0.15) is 0 Å². The van der Waals surface area contributed by atoms with Crippen LogP contribution in [0.5, 0.6) is 0 Å². The molecule has 51 heavy (non-hydrogen) atoms. The van der Waals surface area contributed by atoms with E-state index in [9.17, 15) is 25.2 Å². The summed E-state index contributed by atoms with van der Waals surface area (Å²) >= 11 is 0. The molecule has 0 radical (unpaired) electrons. The summed E-state index contributed by atoms with van der Waals surface area (Å²) in [5, 5.41) is 43.6. The number of allylic oxidation sites excluding steroid dienone is 4. The van der Waals surface area contributed by atoms with Crippen LogP contribution in [0.3, 0.4) is 0 Å². The van der Waals surface area contributed by atoms with Gasteiger partial charge in [-0.1, -0.05) is 199 Å². The number of aliphatic hydroxyl groups is 4. The SMILES string of the molecule is CCCCCCCCCCCCC/C=C/CC/C=C/CCCC(O)C(O)C(CO)NC(=O)C(O)CCCCCCCCCCCCCCCCC. The quantitative estimate of drug-likeness (QED) is 0.0320. The molecule has 0 aromatic heterocycles. The van der Waals surface area contributed by atoms with Crippen LogP contribution in [0.4, 0.5) is 0 Å². The van der Waals surface area contributed by atoms with E-state index < -0.39 is 36.9 Å². The van der Waals surface area contributed by atoms with Gasteiger partial charge in [-0.25, -0.2) is 0 Å². The third-order valence-corrected chi connectivity index (χ3v) is 10.4. The van der Waals surface area contributed by atoms with Crippen molar-refractivity contribution in [1.82, 2.24) is 5.32 Å². The largest absolute Gasteiger partial charge is 0.394 e. The van der Waals surface area contributed by atoms with E-state index in [1.54, 1.807) is 0 Å². The van der Waals surface area contributed by atoms with Crippen LogP contribution < -0.4 is 5.32 Å². The van der Waals surface area contributed by atoms with Crippen molar-refractivity contribution in [2.45, 2.75) is 250 Å². The highest BCUT2D eigenvalue weighted by atomic mass is 16.3. The fourth-order valence-electron chi connectivity index (χ4n) is 6.83. The molecule has 4 atom stereocenters. The van der Waals surface area contributed by atoms with Gasteiger partial charge in [-0.3, -0.25) is 4.79 Å². The molecule has 0 aromatic carbocycles. The molecule has 1 amide bonds. The molecule has 0 aliphatic heterocycles. The number of nitrogens with one attached hydrogen (secondary N) is 1. The zero-order chi connectivity index (χ0) is 37.5. The number of carbonyl (C=O) groups excluding carboxylic acids is 1. The minimum absolute atomic E-state index is 0.364. The van der Waals surface area contributed by atoms with Crippen LogP contribution in [0.25, 0.3) is 0 Å². The normalized spacial score (nSPS) is 14.4. The Morgan fingerprint density at radius 2 is 0.824 bits per heavy atom. The predicted molar refractivity (Wildman–Crippen MR) is 219 cm³/mol. The monoisotopic (exact) mass is 722 g/mol. The first-order chi connectivity index (χ1) is 25.0. The molecule has 0 fully saturated rings. The highest BCUT2D eigenvalue weighted by Gasteiger charge is 2.28. The molecular formula is C45H87NO5. The average Bonchev–Trinajstić information content (AvgIpc) is 3.13. The van der Waals surface area contributed by atoms with Gasteiger partial charge in [0.25, 0.3) is 0 Å². The summed E-state index contributed by atoms with van der Waals surface area (Å²) in [6.07, 6.45) is 44.9. The van der Waals surface area contributed by atoms with Crippen molar-refractivity contribution in [2.75, 3.05) is 6.61 Å². The van der Waals surface area contributed by atoms with Crippen LogP contribution in [-0.2, 0) is 4.79 Å². The molecular weight excluding hydrogens is 634 g/mol. The maximum Gasteiger partial charge on any atom is 0.249 e. The fourth-order valence-corrected chi connectivity index (χ4v) is 6.83. The number of unbranched alkanes of at least 4 members (excludes halogenated alkanes) is 27. The van der Waals surface area contributed by atoms with E-state index in [2.05, 4.69) is 43.5 Å². The molecule has 0 heterocycles. The lowest BCUT2D eigenvalue weighted by Crippen LogP contribution is -2.53. The minimum atomic E-state index is -1.29. The Labute approximate surface area is 316 Å². The lowest BCUT2D eigenvalue weighted by molar-refractivity contribution is -0.132. The maximum absolute atomic E-state index is 12.5. The van der Waals surface area contributed by atoms with Crippen LogP contribution in [-0.4, -0.2) is 57.3 Å². The average molecular weight is 722 g/mol. The summed E-state index contributed by atoms with van der Waals surface area (Å²) < 4.78 is 0. The summed E-state index contributed by atoms with van der Waals surface area (Å²) in [6.45, 7) is 4.04. The van der Waals surface area contributed by atoms with Gasteiger partial charge >= 0.3 is 0 Å². The van der Waals surface area contributed by atoms with Gasteiger partial charge in [0, 0.05) is 0 Å². The molecule has 0 rings (SSSR count). The Kier molecular flexibility index (Phi) is 39.0. The van der Waals surface area contributed by atoms with Gasteiger partial charge in [0.2, 0.25) is 5.91 Å².